The molecule has 0 saturated heterocycles. The van der Waals surface area contributed by atoms with Crippen LogP contribution in [-0.2, 0) is 0 Å². The van der Waals surface area contributed by atoms with Gasteiger partial charge in [0, 0.05) is 23.8 Å². The lowest BCUT2D eigenvalue weighted by Gasteiger charge is -2.26. The fraction of sp³-hybridized carbons (Fsp3) is 0.115. The topological polar surface area (TPSA) is 60.4 Å². The van der Waals surface area contributed by atoms with E-state index in [-0.39, 0.29) is 11.9 Å². The maximum atomic E-state index is 11.2. The van der Waals surface area contributed by atoms with E-state index in [9.17, 15) is 5.11 Å². The molecular formula is C26H26N4O. The van der Waals surface area contributed by atoms with E-state index < -0.39 is 0 Å². The van der Waals surface area contributed by atoms with E-state index in [0.29, 0.717) is 5.70 Å². The second-order valence-corrected chi connectivity index (χ2v) is 7.41. The molecule has 31 heavy (non-hydrogen) atoms. The molecule has 0 spiro atoms. The third-order valence-electron chi connectivity index (χ3n) is 5.16. The van der Waals surface area contributed by atoms with Gasteiger partial charge in [0.1, 0.15) is 0 Å². The molecule has 5 nitrogen and oxygen atoms in total. The number of anilines is 3. The fourth-order valence-corrected chi connectivity index (χ4v) is 3.46. The minimum Gasteiger partial charge on any atom is -0.493 e. The Hall–Kier alpha value is -3.99. The lowest BCUT2D eigenvalue weighted by atomic mass is 10.1. The molecule has 0 fully saturated rings. The van der Waals surface area contributed by atoms with E-state index in [4.69, 9.17) is 0 Å². The molecular weight excluding hydrogens is 384 g/mol. The van der Waals surface area contributed by atoms with Crippen LogP contribution in [0.4, 0.5) is 17.1 Å². The Bertz CT molecular complexity index is 1180. The standard InChI is InChI=1S/C26H26N4O/c1-19(28-22-17-20-11-9-10-16-24(20)27-18-22)25(29-21-12-5-3-6-13-21)26(31)30(2)23-14-7-4-8-15-23/h3-19,28-29,31H,1-2H3/b26-25+/t19-/m0/s1. The predicted octanol–water partition coefficient (Wildman–Crippen LogP) is 6.01. The van der Waals surface area contributed by atoms with Gasteiger partial charge in [-0.15, -0.1) is 0 Å². The average molecular weight is 411 g/mol. The van der Waals surface area contributed by atoms with Gasteiger partial charge in [-0.1, -0.05) is 54.6 Å². The van der Waals surface area contributed by atoms with E-state index in [1.807, 2.05) is 105 Å². The number of fused-ring (bicyclic) bond motifs is 1. The molecule has 0 bridgehead atoms. The van der Waals surface area contributed by atoms with Crippen molar-refractivity contribution < 1.29 is 5.11 Å². The summed E-state index contributed by atoms with van der Waals surface area (Å²) in [5, 5.41) is 19.1. The van der Waals surface area contributed by atoms with Crippen molar-refractivity contribution >= 4 is 28.0 Å². The number of para-hydroxylation sites is 3. The second kappa shape index (κ2) is 9.22. The molecule has 4 rings (SSSR count). The van der Waals surface area contributed by atoms with Crippen molar-refractivity contribution in [2.75, 3.05) is 22.6 Å². The van der Waals surface area contributed by atoms with Crippen LogP contribution in [0.2, 0.25) is 0 Å². The van der Waals surface area contributed by atoms with Crippen molar-refractivity contribution in [2.24, 2.45) is 0 Å². The van der Waals surface area contributed by atoms with Gasteiger partial charge in [-0.2, -0.15) is 0 Å². The van der Waals surface area contributed by atoms with E-state index in [2.05, 4.69) is 21.7 Å². The number of benzene rings is 3. The summed E-state index contributed by atoms with van der Waals surface area (Å²) in [6.45, 7) is 2.01. The second-order valence-electron chi connectivity index (χ2n) is 7.41. The largest absolute Gasteiger partial charge is 0.493 e. The van der Waals surface area contributed by atoms with Gasteiger partial charge in [-0.25, -0.2) is 0 Å². The summed E-state index contributed by atoms with van der Waals surface area (Å²) < 4.78 is 0. The molecule has 1 heterocycles. The van der Waals surface area contributed by atoms with Crippen LogP contribution < -0.4 is 15.5 Å². The molecule has 3 aromatic carbocycles. The van der Waals surface area contributed by atoms with Crippen LogP contribution in [0.3, 0.4) is 0 Å². The van der Waals surface area contributed by atoms with Gasteiger partial charge in [0.05, 0.1) is 29.1 Å². The van der Waals surface area contributed by atoms with Gasteiger partial charge in [-0.05, 0) is 43.3 Å². The summed E-state index contributed by atoms with van der Waals surface area (Å²) in [4.78, 5) is 6.30. The average Bonchev–Trinajstić information content (AvgIpc) is 2.82. The molecule has 0 aliphatic heterocycles. The fourth-order valence-electron chi connectivity index (χ4n) is 3.46. The highest BCUT2D eigenvalue weighted by Gasteiger charge is 2.19. The van der Waals surface area contributed by atoms with E-state index in [1.54, 1.807) is 4.90 Å². The summed E-state index contributed by atoms with van der Waals surface area (Å²) in [6.07, 6.45) is 1.82. The number of aliphatic hydroxyl groups is 1. The SMILES string of the molecule is C[C@H](Nc1cnc2ccccc2c1)/C(Nc1ccccc1)=C(\O)N(C)c1ccccc1. The van der Waals surface area contributed by atoms with Gasteiger partial charge < -0.3 is 20.6 Å². The smallest absolute Gasteiger partial charge is 0.213 e. The molecule has 0 aliphatic rings. The van der Waals surface area contributed by atoms with E-state index in [0.717, 1.165) is 28.0 Å². The third-order valence-corrected chi connectivity index (χ3v) is 5.16. The number of aliphatic hydroxyl groups excluding tert-OH is 1. The maximum absolute atomic E-state index is 11.2. The zero-order valence-corrected chi connectivity index (χ0v) is 17.7. The molecule has 0 amide bonds. The quantitative estimate of drug-likeness (QED) is 0.326. The van der Waals surface area contributed by atoms with Gasteiger partial charge in [0.25, 0.3) is 0 Å². The Morgan fingerprint density at radius 2 is 1.52 bits per heavy atom. The van der Waals surface area contributed by atoms with Crippen molar-refractivity contribution in [1.82, 2.24) is 4.98 Å². The first kappa shape index (κ1) is 20.3. The first-order valence-electron chi connectivity index (χ1n) is 10.3. The number of pyridine rings is 1. The Morgan fingerprint density at radius 3 is 2.26 bits per heavy atom. The molecule has 156 valence electrons. The van der Waals surface area contributed by atoms with E-state index in [1.165, 1.54) is 0 Å². The van der Waals surface area contributed by atoms with Crippen LogP contribution >= 0.6 is 0 Å². The molecule has 4 aromatic rings. The monoisotopic (exact) mass is 410 g/mol. The molecule has 0 unspecified atom stereocenters. The first-order chi connectivity index (χ1) is 15.1. The highest BCUT2D eigenvalue weighted by Crippen LogP contribution is 2.24. The highest BCUT2D eigenvalue weighted by atomic mass is 16.3. The summed E-state index contributed by atoms with van der Waals surface area (Å²) in [5.41, 5.74) is 4.28. The first-order valence-corrected chi connectivity index (χ1v) is 10.3. The van der Waals surface area contributed by atoms with Crippen molar-refractivity contribution in [3.05, 3.63) is 109 Å². The Balaban J connectivity index is 1.66. The van der Waals surface area contributed by atoms with Crippen LogP contribution in [0, 0.1) is 0 Å². The number of rotatable bonds is 7. The van der Waals surface area contributed by atoms with Crippen LogP contribution in [0.5, 0.6) is 0 Å². The molecule has 1 aromatic heterocycles. The highest BCUT2D eigenvalue weighted by molar-refractivity contribution is 5.81. The van der Waals surface area contributed by atoms with Crippen LogP contribution in [0.15, 0.2) is 109 Å². The minimum atomic E-state index is -0.214. The summed E-state index contributed by atoms with van der Waals surface area (Å²) in [5.74, 6) is 0.142. The summed E-state index contributed by atoms with van der Waals surface area (Å²) >= 11 is 0. The summed E-state index contributed by atoms with van der Waals surface area (Å²) in [6, 6.07) is 29.5. The van der Waals surface area contributed by atoms with Crippen molar-refractivity contribution in [3.8, 4) is 0 Å². The lowest BCUT2D eigenvalue weighted by molar-refractivity contribution is 0.387. The van der Waals surface area contributed by atoms with Gasteiger partial charge in [0.15, 0.2) is 0 Å². The normalized spacial score (nSPS) is 12.7. The molecule has 0 saturated carbocycles. The maximum Gasteiger partial charge on any atom is 0.213 e. The van der Waals surface area contributed by atoms with Gasteiger partial charge >= 0.3 is 0 Å². The number of nitrogens with zero attached hydrogens (tertiary/aromatic N) is 2. The number of nitrogens with one attached hydrogen (secondary N) is 2. The van der Waals surface area contributed by atoms with Crippen molar-refractivity contribution in [2.45, 2.75) is 13.0 Å². The Labute approximate surface area is 182 Å². The number of hydrogen-bond donors (Lipinski definition) is 3. The molecule has 0 aliphatic carbocycles. The predicted molar refractivity (Wildman–Crippen MR) is 129 cm³/mol. The van der Waals surface area contributed by atoms with Crippen LogP contribution in [0.1, 0.15) is 6.92 Å². The zero-order chi connectivity index (χ0) is 21.6. The molecule has 1 atom stereocenters. The minimum absolute atomic E-state index is 0.142. The Kier molecular flexibility index (Phi) is 6.03. The van der Waals surface area contributed by atoms with Crippen molar-refractivity contribution in [1.29, 1.82) is 0 Å². The molecule has 5 heteroatoms. The molecule has 0 radical (unpaired) electrons. The summed E-state index contributed by atoms with van der Waals surface area (Å²) in [7, 11) is 1.85. The van der Waals surface area contributed by atoms with Gasteiger partial charge in [0.2, 0.25) is 5.88 Å². The van der Waals surface area contributed by atoms with Crippen LogP contribution in [0.25, 0.3) is 10.9 Å². The lowest BCUT2D eigenvalue weighted by Crippen LogP contribution is -2.30. The van der Waals surface area contributed by atoms with Gasteiger partial charge in [-0.3, -0.25) is 4.98 Å². The molecule has 3 N–H and O–H groups in total. The number of aromatic nitrogens is 1. The third kappa shape index (κ3) is 4.78. The van der Waals surface area contributed by atoms with E-state index >= 15 is 0 Å². The van der Waals surface area contributed by atoms with Crippen molar-refractivity contribution in [3.63, 3.8) is 0 Å². The zero-order valence-electron chi connectivity index (χ0n) is 17.7. The van der Waals surface area contributed by atoms with Crippen LogP contribution in [-0.4, -0.2) is 23.2 Å². The Morgan fingerprint density at radius 1 is 0.871 bits per heavy atom. The number of hydrogen-bond acceptors (Lipinski definition) is 5.